The molecule has 0 spiro atoms. The highest BCUT2D eigenvalue weighted by Crippen LogP contribution is 2.15. The summed E-state index contributed by atoms with van der Waals surface area (Å²) in [6.45, 7) is 0. The van der Waals surface area contributed by atoms with Crippen LogP contribution >= 0.6 is 0 Å². The van der Waals surface area contributed by atoms with Gasteiger partial charge < -0.3 is 10.2 Å². The van der Waals surface area contributed by atoms with Crippen LogP contribution in [-0.4, -0.2) is 9.97 Å². The predicted molar refractivity (Wildman–Crippen MR) is 46.8 cm³/mol. The lowest BCUT2D eigenvalue weighted by molar-refractivity contribution is 0.482. The van der Waals surface area contributed by atoms with Gasteiger partial charge in [0.05, 0.1) is 6.26 Å². The maximum atomic E-state index is 5.84. The number of aromatic nitrogens is 2. The minimum absolute atomic E-state index is 0.379. The smallest absolute Gasteiger partial charge is 0.152 e. The van der Waals surface area contributed by atoms with Crippen molar-refractivity contribution in [1.82, 2.24) is 9.97 Å². The van der Waals surface area contributed by atoms with Crippen molar-refractivity contribution in [2.24, 2.45) is 5.73 Å². The van der Waals surface area contributed by atoms with E-state index in [1.165, 1.54) is 0 Å². The molecule has 4 heteroatoms. The van der Waals surface area contributed by atoms with Crippen molar-refractivity contribution in [3.8, 4) is 0 Å². The summed E-state index contributed by atoms with van der Waals surface area (Å²) in [6.07, 6.45) is 4.90. The summed E-state index contributed by atoms with van der Waals surface area (Å²) in [7, 11) is 0. The summed E-state index contributed by atoms with van der Waals surface area (Å²) in [5.74, 6) is 1.24. The van der Waals surface area contributed by atoms with E-state index in [4.69, 9.17) is 10.2 Å². The van der Waals surface area contributed by atoms with E-state index >= 15 is 0 Å². The molecule has 0 fully saturated rings. The normalized spacial score (nSPS) is 12.7. The quantitative estimate of drug-likeness (QED) is 0.742. The Kier molecular flexibility index (Phi) is 2.06. The molecular weight excluding hydrogens is 166 g/mol. The highest BCUT2D eigenvalue weighted by molar-refractivity contribution is 5.12. The van der Waals surface area contributed by atoms with Crippen molar-refractivity contribution in [3.63, 3.8) is 0 Å². The summed E-state index contributed by atoms with van der Waals surface area (Å²) in [4.78, 5) is 8.08. The molecule has 0 amide bonds. The van der Waals surface area contributed by atoms with Crippen LogP contribution in [0.1, 0.15) is 17.6 Å². The van der Waals surface area contributed by atoms with Crippen LogP contribution in [0.4, 0.5) is 0 Å². The second kappa shape index (κ2) is 3.37. The second-order valence-corrected chi connectivity index (χ2v) is 2.60. The summed E-state index contributed by atoms with van der Waals surface area (Å²) < 4.78 is 5.14. The molecule has 0 aliphatic carbocycles. The van der Waals surface area contributed by atoms with Gasteiger partial charge in [-0.2, -0.15) is 0 Å². The molecule has 2 rings (SSSR count). The molecule has 66 valence electrons. The fourth-order valence-corrected chi connectivity index (χ4v) is 1.07. The van der Waals surface area contributed by atoms with Crippen molar-refractivity contribution in [2.75, 3.05) is 0 Å². The molecule has 13 heavy (non-hydrogen) atoms. The van der Waals surface area contributed by atoms with E-state index in [0.29, 0.717) is 11.6 Å². The van der Waals surface area contributed by atoms with E-state index in [-0.39, 0.29) is 6.04 Å². The van der Waals surface area contributed by atoms with Gasteiger partial charge in [0.2, 0.25) is 0 Å². The molecule has 2 aromatic rings. The first-order valence-corrected chi connectivity index (χ1v) is 3.94. The van der Waals surface area contributed by atoms with E-state index in [1.54, 1.807) is 36.9 Å². The van der Waals surface area contributed by atoms with Crippen LogP contribution in [-0.2, 0) is 0 Å². The van der Waals surface area contributed by atoms with Gasteiger partial charge in [-0.05, 0) is 18.2 Å². The third kappa shape index (κ3) is 1.57. The standard InChI is InChI=1S/C9H9N3O/c10-8(7-3-1-6-13-7)9-11-4-2-5-12-9/h1-6,8H,10H2. The molecule has 2 heterocycles. The van der Waals surface area contributed by atoms with Crippen molar-refractivity contribution >= 4 is 0 Å². The van der Waals surface area contributed by atoms with Crippen LogP contribution < -0.4 is 5.73 Å². The Bertz CT molecular complexity index is 358. The molecule has 0 saturated heterocycles. The molecule has 2 aromatic heterocycles. The van der Waals surface area contributed by atoms with E-state index in [2.05, 4.69) is 9.97 Å². The van der Waals surface area contributed by atoms with E-state index < -0.39 is 0 Å². The average Bonchev–Trinajstić information content (AvgIpc) is 2.71. The fraction of sp³-hybridized carbons (Fsp3) is 0.111. The van der Waals surface area contributed by atoms with Gasteiger partial charge in [0.25, 0.3) is 0 Å². The minimum Gasteiger partial charge on any atom is -0.467 e. The summed E-state index contributed by atoms with van der Waals surface area (Å²) in [6, 6.07) is 4.97. The Hall–Kier alpha value is -1.68. The highest BCUT2D eigenvalue weighted by atomic mass is 16.3. The van der Waals surface area contributed by atoms with Crippen LogP contribution in [0, 0.1) is 0 Å². The van der Waals surface area contributed by atoms with Crippen molar-refractivity contribution in [1.29, 1.82) is 0 Å². The predicted octanol–water partition coefficient (Wildman–Crippen LogP) is 1.12. The zero-order valence-electron chi connectivity index (χ0n) is 6.92. The monoisotopic (exact) mass is 175 g/mol. The molecule has 0 aliphatic rings. The van der Waals surface area contributed by atoms with Crippen LogP contribution in [0.15, 0.2) is 41.3 Å². The number of hydrogen-bond acceptors (Lipinski definition) is 4. The molecule has 0 aliphatic heterocycles. The lowest BCUT2D eigenvalue weighted by atomic mass is 10.2. The SMILES string of the molecule is NC(c1ncccn1)c1ccco1. The zero-order valence-corrected chi connectivity index (χ0v) is 6.92. The second-order valence-electron chi connectivity index (χ2n) is 2.60. The highest BCUT2D eigenvalue weighted by Gasteiger charge is 2.13. The Morgan fingerprint density at radius 3 is 2.62 bits per heavy atom. The van der Waals surface area contributed by atoms with E-state index in [9.17, 15) is 0 Å². The third-order valence-electron chi connectivity index (χ3n) is 1.71. The topological polar surface area (TPSA) is 64.9 Å². The number of nitrogens with zero attached hydrogens (tertiary/aromatic N) is 2. The van der Waals surface area contributed by atoms with Crippen LogP contribution in [0.3, 0.4) is 0 Å². The summed E-state index contributed by atoms with van der Waals surface area (Å²) in [5, 5.41) is 0. The van der Waals surface area contributed by atoms with Gasteiger partial charge in [-0.15, -0.1) is 0 Å². The Labute approximate surface area is 75.4 Å². The van der Waals surface area contributed by atoms with E-state index in [0.717, 1.165) is 0 Å². The van der Waals surface area contributed by atoms with Crippen LogP contribution in [0.2, 0.25) is 0 Å². The first kappa shape index (κ1) is 7.94. The molecule has 2 N–H and O–H groups in total. The van der Waals surface area contributed by atoms with Gasteiger partial charge in [-0.3, -0.25) is 0 Å². The molecule has 0 radical (unpaired) electrons. The molecular formula is C9H9N3O. The molecule has 4 nitrogen and oxygen atoms in total. The third-order valence-corrected chi connectivity index (χ3v) is 1.71. The Morgan fingerprint density at radius 2 is 2.00 bits per heavy atom. The van der Waals surface area contributed by atoms with Gasteiger partial charge in [0.1, 0.15) is 11.8 Å². The van der Waals surface area contributed by atoms with Crippen molar-refractivity contribution in [2.45, 2.75) is 6.04 Å². The average molecular weight is 175 g/mol. The zero-order chi connectivity index (χ0) is 9.10. The molecule has 1 unspecified atom stereocenters. The van der Waals surface area contributed by atoms with E-state index in [1.807, 2.05) is 0 Å². The van der Waals surface area contributed by atoms with Gasteiger partial charge in [-0.1, -0.05) is 0 Å². The first-order chi connectivity index (χ1) is 6.38. The van der Waals surface area contributed by atoms with Gasteiger partial charge in [0, 0.05) is 12.4 Å². The molecule has 1 atom stereocenters. The van der Waals surface area contributed by atoms with Crippen LogP contribution in [0.25, 0.3) is 0 Å². The maximum Gasteiger partial charge on any atom is 0.152 e. The van der Waals surface area contributed by atoms with Gasteiger partial charge in [-0.25, -0.2) is 9.97 Å². The number of nitrogens with two attached hydrogens (primary N) is 1. The largest absolute Gasteiger partial charge is 0.467 e. The first-order valence-electron chi connectivity index (χ1n) is 3.94. The number of furan rings is 1. The van der Waals surface area contributed by atoms with Crippen molar-refractivity contribution in [3.05, 3.63) is 48.4 Å². The summed E-state index contributed by atoms with van der Waals surface area (Å²) in [5.41, 5.74) is 5.84. The Morgan fingerprint density at radius 1 is 1.23 bits per heavy atom. The number of hydrogen-bond donors (Lipinski definition) is 1. The lowest BCUT2D eigenvalue weighted by Crippen LogP contribution is -2.14. The maximum absolute atomic E-state index is 5.84. The molecule has 0 aromatic carbocycles. The lowest BCUT2D eigenvalue weighted by Gasteiger charge is -2.05. The molecule has 0 bridgehead atoms. The van der Waals surface area contributed by atoms with Gasteiger partial charge >= 0.3 is 0 Å². The minimum atomic E-state index is -0.379. The molecule has 0 saturated carbocycles. The van der Waals surface area contributed by atoms with Crippen molar-refractivity contribution < 1.29 is 4.42 Å². The van der Waals surface area contributed by atoms with Crippen LogP contribution in [0.5, 0.6) is 0 Å². The Balaban J connectivity index is 2.29. The summed E-state index contributed by atoms with van der Waals surface area (Å²) >= 11 is 0. The number of rotatable bonds is 2. The van der Waals surface area contributed by atoms with Gasteiger partial charge in [0.15, 0.2) is 5.82 Å². The fourth-order valence-electron chi connectivity index (χ4n) is 1.07.